The summed E-state index contributed by atoms with van der Waals surface area (Å²) in [6, 6.07) is 13.1. The van der Waals surface area contributed by atoms with E-state index in [1.54, 1.807) is 12.1 Å². The molecule has 26 heavy (non-hydrogen) atoms. The van der Waals surface area contributed by atoms with Gasteiger partial charge in [-0.25, -0.2) is 0 Å². The Bertz CT molecular complexity index is 722. The molecule has 138 valence electrons. The minimum absolute atomic E-state index is 0.173. The number of oxime groups is 1. The molecule has 7 heteroatoms. The minimum atomic E-state index is -0.254. The second-order valence-electron chi connectivity index (χ2n) is 5.23. The highest BCUT2D eigenvalue weighted by molar-refractivity contribution is 5.82. The molecule has 0 heterocycles. The van der Waals surface area contributed by atoms with Gasteiger partial charge in [-0.1, -0.05) is 35.5 Å². The molecule has 0 fully saturated rings. The minimum Gasteiger partial charge on any atom is -0.493 e. The van der Waals surface area contributed by atoms with E-state index in [1.807, 2.05) is 30.3 Å². The van der Waals surface area contributed by atoms with Crippen LogP contribution in [0.2, 0.25) is 0 Å². The second-order valence-corrected chi connectivity index (χ2v) is 5.23. The first-order valence-electron chi connectivity index (χ1n) is 7.94. The van der Waals surface area contributed by atoms with Crippen LogP contribution in [0.1, 0.15) is 11.1 Å². The van der Waals surface area contributed by atoms with Gasteiger partial charge in [0.05, 0.1) is 27.5 Å². The molecule has 1 N–H and O–H groups in total. The van der Waals surface area contributed by atoms with E-state index in [1.165, 1.54) is 27.5 Å². The number of benzene rings is 2. The Labute approximate surface area is 152 Å². The summed E-state index contributed by atoms with van der Waals surface area (Å²) in [5, 5.41) is 6.56. The van der Waals surface area contributed by atoms with E-state index < -0.39 is 0 Å². The third-order valence-electron chi connectivity index (χ3n) is 3.49. The Balaban J connectivity index is 1.87. The fourth-order valence-electron chi connectivity index (χ4n) is 2.22. The smallest absolute Gasteiger partial charge is 0.261 e. The van der Waals surface area contributed by atoms with Crippen LogP contribution in [-0.4, -0.2) is 40.1 Å². The summed E-state index contributed by atoms with van der Waals surface area (Å²) >= 11 is 0. The normalized spacial score (nSPS) is 10.4. The first-order valence-corrected chi connectivity index (χ1v) is 7.94. The number of ether oxygens (including phenoxy) is 3. The summed E-state index contributed by atoms with van der Waals surface area (Å²) in [5.41, 5.74) is 1.70. The van der Waals surface area contributed by atoms with Crippen LogP contribution in [0.3, 0.4) is 0 Å². The highest BCUT2D eigenvalue weighted by Gasteiger charge is 2.12. The van der Waals surface area contributed by atoms with Gasteiger partial charge in [0, 0.05) is 12.1 Å². The lowest BCUT2D eigenvalue weighted by molar-refractivity contribution is -0.125. The summed E-state index contributed by atoms with van der Waals surface area (Å²) in [5.74, 6) is 1.26. The molecule has 7 nitrogen and oxygen atoms in total. The fraction of sp³-hybridized carbons (Fsp3) is 0.263. The lowest BCUT2D eigenvalue weighted by Crippen LogP contribution is -2.26. The number of rotatable bonds is 9. The molecule has 0 atom stereocenters. The van der Waals surface area contributed by atoms with Gasteiger partial charge in [0.2, 0.25) is 5.75 Å². The van der Waals surface area contributed by atoms with Crippen molar-refractivity contribution in [3.05, 3.63) is 53.6 Å². The van der Waals surface area contributed by atoms with Gasteiger partial charge < -0.3 is 24.4 Å². The monoisotopic (exact) mass is 358 g/mol. The Morgan fingerprint density at radius 3 is 2.27 bits per heavy atom. The average molecular weight is 358 g/mol. The number of carbonyl (C=O) groups excluding carboxylic acids is 1. The Hall–Kier alpha value is -3.22. The molecule has 2 aromatic carbocycles. The topological polar surface area (TPSA) is 78.4 Å². The highest BCUT2D eigenvalue weighted by Crippen LogP contribution is 2.37. The molecule has 2 aromatic rings. The molecule has 0 saturated heterocycles. The predicted octanol–water partition coefficient (Wildman–Crippen LogP) is 2.38. The van der Waals surface area contributed by atoms with E-state index in [0.29, 0.717) is 29.4 Å². The van der Waals surface area contributed by atoms with E-state index in [4.69, 9.17) is 19.0 Å². The number of methoxy groups -OCH3 is 3. The van der Waals surface area contributed by atoms with Crippen LogP contribution in [-0.2, 0) is 16.2 Å². The summed E-state index contributed by atoms with van der Waals surface area (Å²) in [4.78, 5) is 16.8. The van der Waals surface area contributed by atoms with Crippen molar-refractivity contribution in [1.29, 1.82) is 0 Å². The Kier molecular flexibility index (Phi) is 7.30. The zero-order valence-corrected chi connectivity index (χ0v) is 15.0. The van der Waals surface area contributed by atoms with Gasteiger partial charge in [0.1, 0.15) is 0 Å². The lowest BCUT2D eigenvalue weighted by atomic mass is 10.2. The van der Waals surface area contributed by atoms with Crippen LogP contribution < -0.4 is 19.5 Å². The Morgan fingerprint density at radius 1 is 1.04 bits per heavy atom. The number of amides is 1. The SMILES string of the molecule is COc1cc(/C=N\OCC(=O)NCc2ccccc2)cc(OC)c1OC. The van der Waals surface area contributed by atoms with Crippen LogP contribution in [0.4, 0.5) is 0 Å². The molecule has 0 radical (unpaired) electrons. The molecule has 0 spiro atoms. The fourth-order valence-corrected chi connectivity index (χ4v) is 2.22. The number of nitrogens with one attached hydrogen (secondary N) is 1. The maximum absolute atomic E-state index is 11.7. The van der Waals surface area contributed by atoms with Crippen molar-refractivity contribution >= 4 is 12.1 Å². The number of hydrogen-bond acceptors (Lipinski definition) is 6. The van der Waals surface area contributed by atoms with Gasteiger partial charge in [-0.3, -0.25) is 4.79 Å². The summed E-state index contributed by atoms with van der Waals surface area (Å²) in [6.07, 6.45) is 1.47. The molecule has 0 aliphatic rings. The van der Waals surface area contributed by atoms with E-state index in [9.17, 15) is 4.79 Å². The maximum atomic E-state index is 11.7. The van der Waals surface area contributed by atoms with Crippen molar-refractivity contribution in [2.24, 2.45) is 5.16 Å². The van der Waals surface area contributed by atoms with Crippen LogP contribution in [0, 0.1) is 0 Å². The van der Waals surface area contributed by atoms with Crippen molar-refractivity contribution < 1.29 is 23.8 Å². The molecule has 0 saturated carbocycles. The molecular formula is C19H22N2O5. The number of hydrogen-bond donors (Lipinski definition) is 1. The molecule has 0 unspecified atom stereocenters. The quantitative estimate of drug-likeness (QED) is 0.550. The standard InChI is InChI=1S/C19H22N2O5/c1-23-16-9-15(10-17(24-2)19(16)25-3)12-21-26-13-18(22)20-11-14-7-5-4-6-8-14/h4-10,12H,11,13H2,1-3H3,(H,20,22)/b21-12-. The summed E-state index contributed by atoms with van der Waals surface area (Å²) in [6.45, 7) is 0.271. The molecular weight excluding hydrogens is 336 g/mol. The van der Waals surface area contributed by atoms with Gasteiger partial charge in [-0.15, -0.1) is 0 Å². The lowest BCUT2D eigenvalue weighted by Gasteiger charge is -2.12. The third-order valence-corrected chi connectivity index (χ3v) is 3.49. The van der Waals surface area contributed by atoms with E-state index in [0.717, 1.165) is 5.56 Å². The third kappa shape index (κ3) is 5.41. The number of nitrogens with zero attached hydrogens (tertiary/aromatic N) is 1. The van der Waals surface area contributed by atoms with E-state index in [-0.39, 0.29) is 12.5 Å². The summed E-state index contributed by atoms with van der Waals surface area (Å²) < 4.78 is 15.8. The molecule has 1 amide bonds. The molecule has 0 aliphatic carbocycles. The van der Waals surface area contributed by atoms with Crippen molar-refractivity contribution in [2.45, 2.75) is 6.54 Å². The van der Waals surface area contributed by atoms with Gasteiger partial charge >= 0.3 is 0 Å². The average Bonchev–Trinajstić information content (AvgIpc) is 2.69. The molecule has 0 bridgehead atoms. The Morgan fingerprint density at radius 2 is 1.69 bits per heavy atom. The van der Waals surface area contributed by atoms with Crippen LogP contribution in [0.15, 0.2) is 47.6 Å². The van der Waals surface area contributed by atoms with Crippen molar-refractivity contribution in [3.63, 3.8) is 0 Å². The maximum Gasteiger partial charge on any atom is 0.261 e. The zero-order valence-electron chi connectivity index (χ0n) is 15.0. The van der Waals surface area contributed by atoms with Crippen LogP contribution in [0.5, 0.6) is 17.2 Å². The van der Waals surface area contributed by atoms with Crippen molar-refractivity contribution in [3.8, 4) is 17.2 Å². The van der Waals surface area contributed by atoms with Crippen LogP contribution in [0.25, 0.3) is 0 Å². The second kappa shape index (κ2) is 9.93. The van der Waals surface area contributed by atoms with E-state index >= 15 is 0 Å². The first-order chi connectivity index (χ1) is 12.7. The predicted molar refractivity (Wildman–Crippen MR) is 97.9 cm³/mol. The van der Waals surface area contributed by atoms with Gasteiger partial charge in [-0.05, 0) is 17.7 Å². The van der Waals surface area contributed by atoms with Gasteiger partial charge in [0.25, 0.3) is 5.91 Å². The first kappa shape index (κ1) is 19.1. The van der Waals surface area contributed by atoms with Crippen molar-refractivity contribution in [1.82, 2.24) is 5.32 Å². The van der Waals surface area contributed by atoms with E-state index in [2.05, 4.69) is 10.5 Å². The van der Waals surface area contributed by atoms with Gasteiger partial charge in [0.15, 0.2) is 18.1 Å². The van der Waals surface area contributed by atoms with Crippen molar-refractivity contribution in [2.75, 3.05) is 27.9 Å². The zero-order chi connectivity index (χ0) is 18.8. The number of carbonyl (C=O) groups is 1. The van der Waals surface area contributed by atoms with Crippen LogP contribution >= 0.6 is 0 Å². The molecule has 0 aliphatic heterocycles. The highest BCUT2D eigenvalue weighted by atomic mass is 16.6. The summed E-state index contributed by atoms with van der Waals surface area (Å²) in [7, 11) is 4.60. The molecule has 2 rings (SSSR count). The molecule has 0 aromatic heterocycles. The largest absolute Gasteiger partial charge is 0.493 e. The van der Waals surface area contributed by atoms with Gasteiger partial charge in [-0.2, -0.15) is 0 Å².